The van der Waals surface area contributed by atoms with Gasteiger partial charge in [0.05, 0.1) is 36.1 Å². The molecule has 15 nitrogen and oxygen atoms in total. The summed E-state index contributed by atoms with van der Waals surface area (Å²) in [7, 11) is 1.50. The van der Waals surface area contributed by atoms with Crippen LogP contribution >= 0.6 is 0 Å². The van der Waals surface area contributed by atoms with Crippen LogP contribution in [0.25, 0.3) is 0 Å². The van der Waals surface area contributed by atoms with Crippen molar-refractivity contribution in [2.45, 2.75) is 94.4 Å². The maximum atomic E-state index is 14.7. The molecule has 3 aromatic rings. The third kappa shape index (κ3) is 7.98. The molecule has 2 radical (unpaired) electrons. The number of aliphatic hydroxyl groups excluding tert-OH is 3. The number of ketones is 1. The molecule has 1 saturated heterocycles. The van der Waals surface area contributed by atoms with Gasteiger partial charge < -0.3 is 49.5 Å². The van der Waals surface area contributed by atoms with E-state index in [-0.39, 0.29) is 124 Å². The molecule has 4 aliphatic rings. The Kier molecular flexibility index (Phi) is 14.6. The molecule has 2 saturated carbocycles. The van der Waals surface area contributed by atoms with Crippen LogP contribution < -0.4 is 10.2 Å². The van der Waals surface area contributed by atoms with E-state index in [4.69, 9.17) is 18.6 Å². The van der Waals surface area contributed by atoms with E-state index < -0.39 is 101 Å². The molecule has 2 bridgehead atoms. The predicted molar refractivity (Wildman–Crippen MR) is 200 cm³/mol. The Bertz CT molecular complexity index is 2070. The number of amides is 2. The van der Waals surface area contributed by atoms with Crippen molar-refractivity contribution in [1.29, 1.82) is 0 Å². The van der Waals surface area contributed by atoms with Crippen molar-refractivity contribution in [2.24, 2.45) is 16.7 Å². The van der Waals surface area contributed by atoms with Crippen molar-refractivity contribution in [3.8, 4) is 0 Å². The molecule has 59 heavy (non-hydrogen) atoms. The van der Waals surface area contributed by atoms with Gasteiger partial charge in [-0.3, -0.25) is 9.69 Å². The van der Waals surface area contributed by atoms with Crippen molar-refractivity contribution in [1.82, 2.24) is 5.32 Å². The molecule has 6 N–H and O–H groups in total. The summed E-state index contributed by atoms with van der Waals surface area (Å²) in [5, 5.41) is 63.4. The number of para-hydroxylation sites is 1. The van der Waals surface area contributed by atoms with Crippen LogP contribution in [0.3, 0.4) is 0 Å². The van der Waals surface area contributed by atoms with Crippen LogP contribution in [0.15, 0.2) is 94.6 Å². The summed E-state index contributed by atoms with van der Waals surface area (Å²) in [6.45, 7) is 5.65. The van der Waals surface area contributed by atoms with Crippen LogP contribution in [0, 0.1) is 105 Å². The third-order valence-corrected chi connectivity index (χ3v) is 13.0. The zero-order valence-electron chi connectivity index (χ0n) is 33.3. The third-order valence-electron chi connectivity index (χ3n) is 13.0. The number of rotatable bonds is 8. The van der Waals surface area contributed by atoms with E-state index >= 15 is 0 Å². The molecule has 0 spiro atoms. The number of nitrogens with one attached hydrogen (secondary N) is 1. The van der Waals surface area contributed by atoms with Gasteiger partial charge in [-0.15, -0.1) is 0 Å². The molecule has 17 heteroatoms. The molecule has 11 atom stereocenters. The molecule has 1 aromatic heterocycles. The summed E-state index contributed by atoms with van der Waals surface area (Å²) in [6.07, 6.45) is -9.20. The monoisotopic (exact) mass is 1240 g/mol. The van der Waals surface area contributed by atoms with Gasteiger partial charge in [-0.05, 0) is 61.4 Å². The zero-order valence-corrected chi connectivity index (χ0v) is 42.8. The van der Waals surface area contributed by atoms with Gasteiger partial charge in [0.1, 0.15) is 41.3 Å². The molecule has 2 aromatic carbocycles. The maximum Gasteiger partial charge on any atom is 0.338 e. The summed E-state index contributed by atoms with van der Waals surface area (Å²) >= 11 is 0. The van der Waals surface area contributed by atoms with Gasteiger partial charge >= 0.3 is 18.0 Å². The van der Waals surface area contributed by atoms with Crippen LogP contribution in [0.4, 0.5) is 10.5 Å². The Labute approximate surface area is 412 Å². The summed E-state index contributed by atoms with van der Waals surface area (Å²) in [4.78, 5) is 57.4. The van der Waals surface area contributed by atoms with Crippen LogP contribution in [0.2, 0.25) is 0 Å². The number of carbonyl (C=O) groups excluding carboxylic acids is 4. The standard InChI is InChI=1S/C42H48N2O13.2Ac/c1-22-26(56-37(50)32(47)30(25-17-12-18-54-25)43-38(51)44(5)24-15-10-7-11-16-24)20-42(53)35(57-36(49)23-13-8-6-9-14-23)33-40(4,27(45)19-28-41(33,52)21-55-28)34(48)31(46)29(22)39(42,2)3;;/h6-18,26-28,30-33,35,45-47,52-53H,19-21H2,1-5H3,(H,43,51);;/t26?,27?,28?,30?,31?,32?,33?,35?,40-,41+,42?;;/m1../s1. The molecular formula is C42H48Ac2N2O13. The Morgan fingerprint density at radius 3 is 2.14 bits per heavy atom. The number of Topliss-reactive ketones (excluding diaryl/α,β-unsaturated/α-hetero) is 1. The number of urea groups is 1. The summed E-state index contributed by atoms with van der Waals surface area (Å²) < 4.78 is 23.3. The van der Waals surface area contributed by atoms with Crippen LogP contribution in [-0.4, -0.2) is 111 Å². The fourth-order valence-corrected chi connectivity index (χ4v) is 9.50. The number of aliphatic hydroxyl groups is 5. The average Bonchev–Trinajstić information content (AvgIpc) is 3.73. The fourth-order valence-electron chi connectivity index (χ4n) is 9.50. The van der Waals surface area contributed by atoms with E-state index in [1.165, 1.54) is 56.3 Å². The van der Waals surface area contributed by atoms with Crippen molar-refractivity contribution < 1.29 is 151 Å². The first kappa shape index (κ1) is 48.0. The number of fused-ring (bicyclic) bond motifs is 5. The number of esters is 2. The number of furan rings is 1. The second-order valence-corrected chi connectivity index (χ2v) is 16.3. The van der Waals surface area contributed by atoms with Gasteiger partial charge in [-0.1, -0.05) is 50.2 Å². The van der Waals surface area contributed by atoms with Crippen molar-refractivity contribution in [3.05, 3.63) is 102 Å². The minimum atomic E-state index is -2.32. The Morgan fingerprint density at radius 2 is 1.56 bits per heavy atom. The number of hydrogen-bond donors (Lipinski definition) is 6. The van der Waals surface area contributed by atoms with Crippen molar-refractivity contribution in [3.63, 3.8) is 0 Å². The Balaban J connectivity index is 0.00000331. The van der Waals surface area contributed by atoms with Crippen LogP contribution in [0.1, 0.15) is 62.7 Å². The second-order valence-electron chi connectivity index (χ2n) is 16.3. The largest absolute Gasteiger partial charge is 0.467 e. The average molecular weight is 1240 g/mol. The van der Waals surface area contributed by atoms with Gasteiger partial charge in [0.25, 0.3) is 0 Å². The smallest absolute Gasteiger partial charge is 0.338 e. The molecule has 2 amide bonds. The van der Waals surface area contributed by atoms with E-state index in [9.17, 15) is 44.7 Å². The number of hydrogen-bond acceptors (Lipinski definition) is 13. The molecule has 2 heterocycles. The normalized spacial score (nSPS) is 32.7. The number of benzene rings is 2. The van der Waals surface area contributed by atoms with Gasteiger partial charge in [-0.25, -0.2) is 14.4 Å². The molecule has 310 valence electrons. The van der Waals surface area contributed by atoms with E-state index in [1.807, 2.05) is 0 Å². The SMILES string of the molecule is CC1=C2C(O)C(=O)[C@]3(C)C(O)CC4OC[C@@]4(O)C3C(OC(=O)c3ccccc3)C(O)(CC1OC(=O)C(O)C(NC(=O)N(C)c1ccccc1)c1ccco1)C2(C)C.[Ac].[Ac]. The quantitative estimate of drug-likeness (QED) is 0.141. The van der Waals surface area contributed by atoms with E-state index in [0.717, 1.165) is 0 Å². The van der Waals surface area contributed by atoms with Gasteiger partial charge in [0.2, 0.25) is 0 Å². The predicted octanol–water partition coefficient (Wildman–Crippen LogP) is 2.60. The van der Waals surface area contributed by atoms with Gasteiger partial charge in [-0.2, -0.15) is 0 Å². The van der Waals surface area contributed by atoms with Crippen molar-refractivity contribution >= 4 is 29.4 Å². The number of ether oxygens (including phenoxy) is 3. The number of anilines is 1. The molecule has 3 aliphatic carbocycles. The maximum absolute atomic E-state index is 14.7. The topological polar surface area (TPSA) is 226 Å². The zero-order chi connectivity index (χ0) is 41.2. The first-order valence-corrected chi connectivity index (χ1v) is 18.8. The van der Waals surface area contributed by atoms with Crippen molar-refractivity contribution in [2.75, 3.05) is 18.6 Å². The first-order chi connectivity index (χ1) is 26.9. The van der Waals surface area contributed by atoms with Crippen LogP contribution in [-0.2, 0) is 23.8 Å². The minimum Gasteiger partial charge on any atom is -0.467 e. The van der Waals surface area contributed by atoms with Crippen LogP contribution in [0.5, 0.6) is 0 Å². The molecule has 3 fully saturated rings. The molecular weight excluding hydrogens is 1190 g/mol. The summed E-state index contributed by atoms with van der Waals surface area (Å²) in [5.41, 5.74) is -7.10. The fraction of sp³-hybridized carbons (Fsp3) is 0.476. The van der Waals surface area contributed by atoms with Gasteiger partial charge in [0, 0.05) is 125 Å². The molecule has 7 rings (SSSR count). The molecule has 9 unspecified atom stereocenters. The van der Waals surface area contributed by atoms with E-state index in [1.54, 1.807) is 62.4 Å². The van der Waals surface area contributed by atoms with E-state index in [2.05, 4.69) is 5.32 Å². The first-order valence-electron chi connectivity index (χ1n) is 18.8. The number of nitrogens with zero attached hydrogens (tertiary/aromatic N) is 1. The Hall–Kier alpha value is -2.02. The Morgan fingerprint density at radius 1 is 0.932 bits per heavy atom. The number of carbonyl (C=O) groups is 4. The minimum absolute atomic E-state index is 0. The van der Waals surface area contributed by atoms with E-state index in [0.29, 0.717) is 5.69 Å². The molecule has 1 aliphatic heterocycles. The second kappa shape index (κ2) is 18.0. The summed E-state index contributed by atoms with van der Waals surface area (Å²) in [5.74, 6) is -4.58. The summed E-state index contributed by atoms with van der Waals surface area (Å²) in [6, 6.07) is 17.3. The van der Waals surface area contributed by atoms with Gasteiger partial charge in [0.15, 0.2) is 11.9 Å².